The molecule has 0 bridgehead atoms. The predicted octanol–water partition coefficient (Wildman–Crippen LogP) is 4.55. The van der Waals surface area contributed by atoms with E-state index in [9.17, 15) is 4.79 Å². The molecule has 0 unspecified atom stereocenters. The molecule has 132 valence electrons. The Morgan fingerprint density at radius 1 is 1.38 bits per heavy atom. The van der Waals surface area contributed by atoms with Crippen molar-refractivity contribution in [3.05, 3.63) is 58.2 Å². The summed E-state index contributed by atoms with van der Waals surface area (Å²) in [6, 6.07) is 7.56. The minimum absolute atomic E-state index is 0.0546. The first-order valence-electron chi connectivity index (χ1n) is 8.35. The maximum atomic E-state index is 12.2. The summed E-state index contributed by atoms with van der Waals surface area (Å²) in [6.45, 7) is 3.18. The maximum absolute atomic E-state index is 12.2. The maximum Gasteiger partial charge on any atom is 0.246 e. The van der Waals surface area contributed by atoms with Crippen LogP contribution < -0.4 is 5.32 Å². The number of thiophene rings is 1. The van der Waals surface area contributed by atoms with E-state index in [2.05, 4.69) is 15.3 Å². The third-order valence-corrected chi connectivity index (χ3v) is 5.71. The first kappa shape index (κ1) is 17.0. The lowest BCUT2D eigenvalue weighted by molar-refractivity contribution is -0.126. The third kappa shape index (κ3) is 3.18. The van der Waals surface area contributed by atoms with Gasteiger partial charge in [0.25, 0.3) is 0 Å². The lowest BCUT2D eigenvalue weighted by Gasteiger charge is -2.26. The average Bonchev–Trinajstić information content (AvgIpc) is 3.00. The Bertz CT molecular complexity index is 1010. The molecule has 3 aromatic rings. The summed E-state index contributed by atoms with van der Waals surface area (Å²) in [4.78, 5) is 25.0. The van der Waals surface area contributed by atoms with Crippen molar-refractivity contribution >= 4 is 50.6 Å². The van der Waals surface area contributed by atoms with Crippen LogP contribution in [0, 0.1) is 0 Å². The number of anilines is 2. The normalized spacial score (nSPS) is 14.0. The molecule has 1 aliphatic rings. The van der Waals surface area contributed by atoms with Crippen molar-refractivity contribution in [1.29, 1.82) is 0 Å². The minimum Gasteiger partial charge on any atom is -0.340 e. The Kier molecular flexibility index (Phi) is 4.61. The van der Waals surface area contributed by atoms with E-state index >= 15 is 0 Å². The number of hydrogen-bond donors (Lipinski definition) is 1. The molecular weight excluding hydrogens is 368 g/mol. The first-order chi connectivity index (χ1) is 12.7. The molecule has 4 rings (SSSR count). The summed E-state index contributed by atoms with van der Waals surface area (Å²) in [5.74, 6) is 0.835. The summed E-state index contributed by atoms with van der Waals surface area (Å²) in [6.07, 6.45) is 5.77. The van der Waals surface area contributed by atoms with Gasteiger partial charge in [0.1, 0.15) is 17.0 Å². The highest BCUT2D eigenvalue weighted by molar-refractivity contribution is 7.19. The second-order valence-corrected chi connectivity index (χ2v) is 7.57. The number of fused-ring (bicyclic) bond motifs is 3. The van der Waals surface area contributed by atoms with Gasteiger partial charge in [0.2, 0.25) is 5.91 Å². The standard InChI is InChI=1S/C19H17ClN4OS/c1-2-4-16(25)24-8-7-14-15(10-24)26-19-17(14)18(21-11-22-19)23-13-6-3-5-12(20)9-13/h2-6,9,11H,7-8,10H2,1H3,(H,21,22,23)/b4-2+. The van der Waals surface area contributed by atoms with Crippen molar-refractivity contribution in [2.75, 3.05) is 11.9 Å². The molecule has 0 spiro atoms. The summed E-state index contributed by atoms with van der Waals surface area (Å²) in [5.41, 5.74) is 2.12. The number of nitrogens with zero attached hydrogens (tertiary/aromatic N) is 3. The molecule has 0 fully saturated rings. The van der Waals surface area contributed by atoms with Gasteiger partial charge in [0, 0.05) is 22.1 Å². The molecule has 0 saturated heterocycles. The second-order valence-electron chi connectivity index (χ2n) is 6.05. The molecule has 0 saturated carbocycles. The Morgan fingerprint density at radius 2 is 2.27 bits per heavy atom. The Morgan fingerprint density at radius 3 is 3.08 bits per heavy atom. The van der Waals surface area contributed by atoms with Gasteiger partial charge < -0.3 is 10.2 Å². The SMILES string of the molecule is C/C=C/C(=O)N1CCc2c(sc3ncnc(Nc4cccc(Cl)c4)c23)C1. The quantitative estimate of drug-likeness (QED) is 0.673. The average molecular weight is 385 g/mol. The fourth-order valence-electron chi connectivity index (χ4n) is 3.16. The van der Waals surface area contributed by atoms with Gasteiger partial charge in [-0.1, -0.05) is 23.7 Å². The summed E-state index contributed by atoms with van der Waals surface area (Å²) >= 11 is 7.71. The topological polar surface area (TPSA) is 58.1 Å². The van der Waals surface area contributed by atoms with Gasteiger partial charge in [0.05, 0.1) is 11.9 Å². The van der Waals surface area contributed by atoms with E-state index < -0.39 is 0 Å². The number of halogens is 1. The fraction of sp³-hybridized carbons (Fsp3) is 0.211. The van der Waals surface area contributed by atoms with E-state index in [0.717, 1.165) is 28.1 Å². The van der Waals surface area contributed by atoms with Crippen LogP contribution in [0.3, 0.4) is 0 Å². The monoisotopic (exact) mass is 384 g/mol. The van der Waals surface area contributed by atoms with Crippen LogP contribution >= 0.6 is 22.9 Å². The van der Waals surface area contributed by atoms with Crippen LogP contribution in [0.5, 0.6) is 0 Å². The molecular formula is C19H17ClN4OS. The third-order valence-electron chi connectivity index (χ3n) is 4.35. The zero-order valence-corrected chi connectivity index (χ0v) is 15.8. The summed E-state index contributed by atoms with van der Waals surface area (Å²) in [5, 5.41) is 5.08. The van der Waals surface area contributed by atoms with Crippen LogP contribution in [-0.4, -0.2) is 27.3 Å². The van der Waals surface area contributed by atoms with Crippen molar-refractivity contribution in [1.82, 2.24) is 14.9 Å². The molecule has 1 aliphatic heterocycles. The fourth-order valence-corrected chi connectivity index (χ4v) is 4.55. The molecule has 7 heteroatoms. The molecule has 0 atom stereocenters. The molecule has 2 aromatic heterocycles. The highest BCUT2D eigenvalue weighted by atomic mass is 35.5. The molecule has 0 radical (unpaired) electrons. The van der Waals surface area contributed by atoms with Gasteiger partial charge in [-0.05, 0) is 43.2 Å². The number of carbonyl (C=O) groups excluding carboxylic acids is 1. The van der Waals surface area contributed by atoms with E-state index in [1.165, 1.54) is 10.4 Å². The largest absolute Gasteiger partial charge is 0.340 e. The number of allylic oxidation sites excluding steroid dienone is 1. The van der Waals surface area contributed by atoms with Crippen molar-refractivity contribution in [2.45, 2.75) is 19.9 Å². The smallest absolute Gasteiger partial charge is 0.246 e. The van der Waals surface area contributed by atoms with Crippen LogP contribution in [0.2, 0.25) is 5.02 Å². The lowest BCUT2D eigenvalue weighted by atomic mass is 10.0. The summed E-state index contributed by atoms with van der Waals surface area (Å²) in [7, 11) is 0. The highest BCUT2D eigenvalue weighted by Gasteiger charge is 2.25. The van der Waals surface area contributed by atoms with Gasteiger partial charge >= 0.3 is 0 Å². The van der Waals surface area contributed by atoms with Gasteiger partial charge in [-0.15, -0.1) is 11.3 Å². The van der Waals surface area contributed by atoms with Gasteiger partial charge in [-0.2, -0.15) is 0 Å². The number of rotatable bonds is 3. The van der Waals surface area contributed by atoms with Crippen LogP contribution in [0.15, 0.2) is 42.7 Å². The minimum atomic E-state index is 0.0546. The molecule has 1 amide bonds. The number of nitrogens with one attached hydrogen (secondary N) is 1. The zero-order chi connectivity index (χ0) is 18.1. The molecule has 1 N–H and O–H groups in total. The Labute approximate surface area is 160 Å². The predicted molar refractivity (Wildman–Crippen MR) is 106 cm³/mol. The van der Waals surface area contributed by atoms with Gasteiger partial charge in [0.15, 0.2) is 0 Å². The van der Waals surface area contributed by atoms with Crippen molar-refractivity contribution in [2.24, 2.45) is 0 Å². The van der Waals surface area contributed by atoms with Crippen molar-refractivity contribution < 1.29 is 4.79 Å². The Balaban J connectivity index is 1.71. The molecule has 3 heterocycles. The lowest BCUT2D eigenvalue weighted by Crippen LogP contribution is -2.34. The van der Waals surface area contributed by atoms with E-state index in [1.807, 2.05) is 36.1 Å². The van der Waals surface area contributed by atoms with Crippen molar-refractivity contribution in [3.8, 4) is 0 Å². The molecule has 26 heavy (non-hydrogen) atoms. The number of aromatic nitrogens is 2. The number of benzene rings is 1. The zero-order valence-electron chi connectivity index (χ0n) is 14.2. The summed E-state index contributed by atoms with van der Waals surface area (Å²) < 4.78 is 0. The van der Waals surface area contributed by atoms with E-state index in [0.29, 0.717) is 18.1 Å². The van der Waals surface area contributed by atoms with Gasteiger partial charge in [-0.25, -0.2) is 9.97 Å². The van der Waals surface area contributed by atoms with Crippen LogP contribution in [0.4, 0.5) is 11.5 Å². The van der Waals surface area contributed by atoms with Crippen LogP contribution in [0.25, 0.3) is 10.2 Å². The van der Waals surface area contributed by atoms with Crippen LogP contribution in [0.1, 0.15) is 17.4 Å². The van der Waals surface area contributed by atoms with E-state index in [4.69, 9.17) is 11.6 Å². The van der Waals surface area contributed by atoms with E-state index in [1.54, 1.807) is 29.8 Å². The first-order valence-corrected chi connectivity index (χ1v) is 9.54. The van der Waals surface area contributed by atoms with Crippen LogP contribution in [-0.2, 0) is 17.8 Å². The van der Waals surface area contributed by atoms with Crippen molar-refractivity contribution in [3.63, 3.8) is 0 Å². The number of carbonyl (C=O) groups is 1. The molecule has 1 aromatic carbocycles. The Hall–Kier alpha value is -2.44. The molecule has 5 nitrogen and oxygen atoms in total. The number of hydrogen-bond acceptors (Lipinski definition) is 5. The van der Waals surface area contributed by atoms with Gasteiger partial charge in [-0.3, -0.25) is 4.79 Å². The number of amides is 1. The second kappa shape index (κ2) is 7.05. The van der Waals surface area contributed by atoms with E-state index in [-0.39, 0.29) is 5.91 Å². The highest BCUT2D eigenvalue weighted by Crippen LogP contribution is 2.38. The molecule has 0 aliphatic carbocycles.